The molecule has 0 bridgehead atoms. The molecule has 6 nitrogen and oxygen atoms in total. The maximum atomic E-state index is 12.6. The Hall–Kier alpha value is -0.940. The van der Waals surface area contributed by atoms with E-state index in [1.807, 2.05) is 20.8 Å². The number of fused-ring (bicyclic) bond motifs is 1. The third-order valence-electron chi connectivity index (χ3n) is 3.69. The molecule has 0 saturated carbocycles. The summed E-state index contributed by atoms with van der Waals surface area (Å²) in [6.07, 6.45) is 1.69. The van der Waals surface area contributed by atoms with Gasteiger partial charge in [-0.1, -0.05) is 0 Å². The summed E-state index contributed by atoms with van der Waals surface area (Å²) < 4.78 is 34.3. The lowest BCUT2D eigenvalue weighted by molar-refractivity contribution is -0.180. The van der Waals surface area contributed by atoms with Crippen LogP contribution >= 0.6 is 7.60 Å². The van der Waals surface area contributed by atoms with Crippen molar-refractivity contribution in [3.63, 3.8) is 0 Å². The van der Waals surface area contributed by atoms with Crippen molar-refractivity contribution in [2.75, 3.05) is 14.2 Å². The van der Waals surface area contributed by atoms with E-state index in [2.05, 4.69) is 4.98 Å². The van der Waals surface area contributed by atoms with E-state index in [4.69, 9.17) is 18.5 Å². The normalized spacial score (nSPS) is 18.8. The molecule has 118 valence electrons. The van der Waals surface area contributed by atoms with Gasteiger partial charge in [-0.15, -0.1) is 0 Å². The second-order valence-corrected chi connectivity index (χ2v) is 8.06. The molecule has 0 aromatic carbocycles. The van der Waals surface area contributed by atoms with E-state index in [0.717, 1.165) is 16.8 Å². The highest BCUT2D eigenvalue weighted by atomic mass is 31.2. The van der Waals surface area contributed by atoms with Crippen molar-refractivity contribution in [2.45, 2.75) is 45.7 Å². The minimum atomic E-state index is -3.24. The van der Waals surface area contributed by atoms with Crippen molar-refractivity contribution >= 4 is 7.60 Å². The number of hydrogen-bond acceptors (Lipinski definition) is 6. The Morgan fingerprint density at radius 2 is 2.00 bits per heavy atom. The number of pyridine rings is 1. The number of ether oxygens (including phenoxy) is 2. The molecular formula is C14H22NO5P. The fourth-order valence-corrected chi connectivity index (χ4v) is 3.72. The van der Waals surface area contributed by atoms with E-state index in [1.54, 1.807) is 13.1 Å². The molecule has 0 radical (unpaired) electrons. The maximum Gasteiger partial charge on any atom is 0.337 e. The SMILES string of the molecule is COP(=O)(OC)C(C)c1cnc(C)c2c1COC(C)(C)O2. The highest BCUT2D eigenvalue weighted by molar-refractivity contribution is 7.54. The standard InChI is InChI=1S/C14H22NO5P/c1-9-13-12(8-19-14(3,4)20-13)11(7-15-9)10(2)21(16,17-5)18-6/h7,10H,8H2,1-6H3. The second-order valence-electron chi connectivity index (χ2n) is 5.48. The zero-order valence-electron chi connectivity index (χ0n) is 13.3. The molecule has 0 saturated heterocycles. The van der Waals surface area contributed by atoms with E-state index >= 15 is 0 Å². The highest BCUT2D eigenvalue weighted by Crippen LogP contribution is 2.60. The number of aryl methyl sites for hydroxylation is 1. The minimum Gasteiger partial charge on any atom is -0.461 e. The molecule has 7 heteroatoms. The predicted molar refractivity (Wildman–Crippen MR) is 78.5 cm³/mol. The average Bonchev–Trinajstić information content (AvgIpc) is 2.46. The molecule has 1 atom stereocenters. The summed E-state index contributed by atoms with van der Waals surface area (Å²) in [5.41, 5.74) is 1.94. The molecule has 0 amide bonds. The fourth-order valence-electron chi connectivity index (χ4n) is 2.38. The summed E-state index contributed by atoms with van der Waals surface area (Å²) in [5, 5.41) is 0. The molecule has 1 aromatic rings. The second kappa shape index (κ2) is 5.69. The largest absolute Gasteiger partial charge is 0.461 e. The van der Waals surface area contributed by atoms with Crippen LogP contribution in [-0.4, -0.2) is 25.0 Å². The topological polar surface area (TPSA) is 66.9 Å². The van der Waals surface area contributed by atoms with Crippen molar-refractivity contribution < 1.29 is 23.1 Å². The molecular weight excluding hydrogens is 293 g/mol. The first-order valence-corrected chi connectivity index (χ1v) is 8.38. The van der Waals surface area contributed by atoms with Crippen LogP contribution in [0, 0.1) is 6.92 Å². The van der Waals surface area contributed by atoms with E-state index < -0.39 is 19.0 Å². The summed E-state index contributed by atoms with van der Waals surface area (Å²) in [6.45, 7) is 7.74. The van der Waals surface area contributed by atoms with E-state index in [-0.39, 0.29) is 0 Å². The summed E-state index contributed by atoms with van der Waals surface area (Å²) >= 11 is 0. The molecule has 2 heterocycles. The van der Waals surface area contributed by atoms with Crippen molar-refractivity contribution in [1.29, 1.82) is 0 Å². The fraction of sp³-hybridized carbons (Fsp3) is 0.643. The molecule has 0 N–H and O–H groups in total. The molecule has 1 aromatic heterocycles. The molecule has 0 spiro atoms. The van der Waals surface area contributed by atoms with Crippen LogP contribution < -0.4 is 4.74 Å². The Morgan fingerprint density at radius 1 is 1.38 bits per heavy atom. The molecule has 0 aliphatic carbocycles. The first kappa shape index (κ1) is 16.4. The zero-order valence-corrected chi connectivity index (χ0v) is 14.2. The molecule has 2 rings (SSSR count). The maximum absolute atomic E-state index is 12.6. The summed E-state index contributed by atoms with van der Waals surface area (Å²) in [4.78, 5) is 4.35. The predicted octanol–water partition coefficient (Wildman–Crippen LogP) is 3.58. The smallest absolute Gasteiger partial charge is 0.337 e. The lowest BCUT2D eigenvalue weighted by atomic mass is 10.0. The van der Waals surface area contributed by atoms with Gasteiger partial charge in [0.1, 0.15) is 5.75 Å². The number of hydrogen-bond donors (Lipinski definition) is 0. The Kier molecular flexibility index (Phi) is 4.45. The first-order valence-electron chi connectivity index (χ1n) is 6.76. The van der Waals surface area contributed by atoms with Crippen LogP contribution in [-0.2, 0) is 25.0 Å². The van der Waals surface area contributed by atoms with Gasteiger partial charge < -0.3 is 18.5 Å². The van der Waals surface area contributed by atoms with Gasteiger partial charge in [0, 0.05) is 39.8 Å². The zero-order chi connectivity index (χ0) is 15.8. The molecule has 1 aliphatic rings. The van der Waals surface area contributed by atoms with Crippen LogP contribution in [0.25, 0.3) is 0 Å². The van der Waals surface area contributed by atoms with Crippen LogP contribution in [0.2, 0.25) is 0 Å². The Morgan fingerprint density at radius 3 is 2.57 bits per heavy atom. The third kappa shape index (κ3) is 2.99. The van der Waals surface area contributed by atoms with Crippen molar-refractivity contribution in [1.82, 2.24) is 4.98 Å². The van der Waals surface area contributed by atoms with Gasteiger partial charge in [-0.05, 0) is 19.4 Å². The number of rotatable bonds is 4. The average molecular weight is 315 g/mol. The minimum absolute atomic E-state index is 0.374. The van der Waals surface area contributed by atoms with E-state index in [1.165, 1.54) is 14.2 Å². The van der Waals surface area contributed by atoms with Gasteiger partial charge in [0.05, 0.1) is 18.0 Å². The van der Waals surface area contributed by atoms with Gasteiger partial charge in [0.25, 0.3) is 0 Å². The Labute approximate surface area is 125 Å². The monoisotopic (exact) mass is 315 g/mol. The molecule has 1 unspecified atom stereocenters. The van der Waals surface area contributed by atoms with Crippen molar-refractivity contribution in [2.24, 2.45) is 0 Å². The Bertz CT molecular complexity index is 579. The van der Waals surface area contributed by atoms with Crippen molar-refractivity contribution in [3.05, 3.63) is 23.0 Å². The van der Waals surface area contributed by atoms with Gasteiger partial charge >= 0.3 is 7.60 Å². The summed E-state index contributed by atoms with van der Waals surface area (Å²) in [7, 11) is -0.479. The van der Waals surface area contributed by atoms with Crippen molar-refractivity contribution in [3.8, 4) is 5.75 Å². The summed E-state index contributed by atoms with van der Waals surface area (Å²) in [6, 6.07) is 0. The van der Waals surface area contributed by atoms with Gasteiger partial charge in [-0.25, -0.2) is 0 Å². The quantitative estimate of drug-likeness (QED) is 0.791. The van der Waals surface area contributed by atoms with Gasteiger partial charge in [-0.3, -0.25) is 9.55 Å². The van der Waals surface area contributed by atoms with Crippen LogP contribution in [0.4, 0.5) is 0 Å². The van der Waals surface area contributed by atoms with Crippen LogP contribution in [0.15, 0.2) is 6.20 Å². The lowest BCUT2D eigenvalue weighted by Gasteiger charge is -2.35. The van der Waals surface area contributed by atoms with E-state index in [9.17, 15) is 4.57 Å². The Balaban J connectivity index is 2.51. The van der Waals surface area contributed by atoms with Gasteiger partial charge in [0.2, 0.25) is 5.79 Å². The summed E-state index contributed by atoms with van der Waals surface area (Å²) in [5.74, 6) is -0.0117. The van der Waals surface area contributed by atoms with E-state index in [0.29, 0.717) is 12.4 Å². The molecule has 1 aliphatic heterocycles. The van der Waals surface area contributed by atoms with Crippen LogP contribution in [0.1, 0.15) is 43.3 Å². The molecule has 0 fully saturated rings. The van der Waals surface area contributed by atoms with Gasteiger partial charge in [-0.2, -0.15) is 0 Å². The van der Waals surface area contributed by atoms with Gasteiger partial charge in [0.15, 0.2) is 0 Å². The lowest BCUT2D eigenvalue weighted by Crippen LogP contribution is -2.36. The van der Waals surface area contributed by atoms with Crippen LogP contribution in [0.5, 0.6) is 5.75 Å². The molecule has 21 heavy (non-hydrogen) atoms. The first-order chi connectivity index (χ1) is 9.74. The number of nitrogens with zero attached hydrogens (tertiary/aromatic N) is 1. The van der Waals surface area contributed by atoms with Crippen LogP contribution in [0.3, 0.4) is 0 Å². The third-order valence-corrected chi connectivity index (χ3v) is 5.94. The highest BCUT2D eigenvalue weighted by Gasteiger charge is 2.37. The number of aromatic nitrogens is 1.